The summed E-state index contributed by atoms with van der Waals surface area (Å²) >= 11 is 0. The lowest BCUT2D eigenvalue weighted by Gasteiger charge is -2.35. The Kier molecular flexibility index (Phi) is 4.94. The third-order valence-corrected chi connectivity index (χ3v) is 4.70. The van der Waals surface area contributed by atoms with Crippen LogP contribution in [-0.2, 0) is 11.3 Å². The number of aliphatic hydroxyl groups is 1. The Morgan fingerprint density at radius 1 is 1.35 bits per heavy atom. The summed E-state index contributed by atoms with van der Waals surface area (Å²) in [5, 5.41) is 18.7. The fourth-order valence-corrected chi connectivity index (χ4v) is 3.13. The van der Waals surface area contributed by atoms with E-state index in [4.69, 9.17) is 4.74 Å². The molecular formula is C17H26N4O2. The maximum atomic E-state index is 9.72. The van der Waals surface area contributed by atoms with Crippen LogP contribution in [0.25, 0.3) is 11.0 Å². The molecule has 2 N–H and O–H groups in total. The highest BCUT2D eigenvalue weighted by Crippen LogP contribution is 2.29. The van der Waals surface area contributed by atoms with Crippen molar-refractivity contribution in [1.82, 2.24) is 20.1 Å². The molecule has 6 heteroatoms. The maximum Gasteiger partial charge on any atom is 0.157 e. The predicted molar refractivity (Wildman–Crippen MR) is 89.2 cm³/mol. The van der Waals surface area contributed by atoms with Crippen molar-refractivity contribution in [3.05, 3.63) is 24.0 Å². The molecule has 6 nitrogen and oxygen atoms in total. The molecule has 0 spiro atoms. The van der Waals surface area contributed by atoms with Gasteiger partial charge in [0, 0.05) is 49.3 Å². The molecule has 0 amide bonds. The van der Waals surface area contributed by atoms with Crippen molar-refractivity contribution in [2.75, 3.05) is 26.4 Å². The highest BCUT2D eigenvalue weighted by Gasteiger charge is 2.31. The van der Waals surface area contributed by atoms with Crippen molar-refractivity contribution >= 4 is 11.0 Å². The van der Waals surface area contributed by atoms with Crippen LogP contribution in [0.5, 0.6) is 0 Å². The average molecular weight is 318 g/mol. The minimum atomic E-state index is -0.0433. The van der Waals surface area contributed by atoms with E-state index in [9.17, 15) is 5.11 Å². The van der Waals surface area contributed by atoms with Crippen LogP contribution < -0.4 is 5.32 Å². The second-order valence-electron chi connectivity index (χ2n) is 6.81. The minimum Gasteiger partial charge on any atom is -0.396 e. The first kappa shape index (κ1) is 16.4. The van der Waals surface area contributed by atoms with Crippen LogP contribution in [0.2, 0.25) is 0 Å². The number of fused-ring (bicyclic) bond motifs is 1. The fraction of sp³-hybridized carbons (Fsp3) is 0.647. The number of aliphatic hydroxyl groups excluding tert-OH is 1. The SMILES string of the molecule is CC(C)n1ncc2cc(CNCC3(CO)CCOCC3)cnc21. The summed E-state index contributed by atoms with van der Waals surface area (Å²) in [5.74, 6) is 0. The van der Waals surface area contributed by atoms with Gasteiger partial charge in [0.05, 0.1) is 12.8 Å². The summed E-state index contributed by atoms with van der Waals surface area (Å²) in [7, 11) is 0. The Balaban J connectivity index is 1.63. The van der Waals surface area contributed by atoms with Crippen LogP contribution in [-0.4, -0.2) is 46.2 Å². The van der Waals surface area contributed by atoms with E-state index < -0.39 is 0 Å². The van der Waals surface area contributed by atoms with E-state index in [0.717, 1.165) is 55.7 Å². The lowest BCUT2D eigenvalue weighted by molar-refractivity contribution is -0.0154. The second-order valence-corrected chi connectivity index (χ2v) is 6.81. The zero-order valence-electron chi connectivity index (χ0n) is 14.0. The minimum absolute atomic E-state index is 0.0433. The number of pyridine rings is 1. The molecule has 1 fully saturated rings. The third kappa shape index (κ3) is 3.54. The molecule has 3 heterocycles. The molecule has 0 unspecified atom stereocenters. The van der Waals surface area contributed by atoms with E-state index in [2.05, 4.69) is 35.3 Å². The first-order valence-corrected chi connectivity index (χ1v) is 8.35. The topological polar surface area (TPSA) is 72.2 Å². The fourth-order valence-electron chi connectivity index (χ4n) is 3.13. The van der Waals surface area contributed by atoms with Crippen LogP contribution in [0.3, 0.4) is 0 Å². The van der Waals surface area contributed by atoms with Crippen LogP contribution in [0.1, 0.15) is 38.3 Å². The van der Waals surface area contributed by atoms with Gasteiger partial charge in [0.1, 0.15) is 0 Å². The average Bonchev–Trinajstić information content (AvgIpc) is 2.99. The van der Waals surface area contributed by atoms with Crippen LogP contribution in [0.15, 0.2) is 18.5 Å². The van der Waals surface area contributed by atoms with Crippen molar-refractivity contribution in [3.63, 3.8) is 0 Å². The Hall–Kier alpha value is -1.50. The zero-order valence-corrected chi connectivity index (χ0v) is 14.0. The molecule has 1 aliphatic heterocycles. The van der Waals surface area contributed by atoms with Crippen molar-refractivity contribution in [2.24, 2.45) is 5.41 Å². The Morgan fingerprint density at radius 2 is 2.13 bits per heavy atom. The standard InChI is InChI=1S/C17H26N4O2/c1-13(2)21-16-15(10-20-21)7-14(9-19-16)8-18-11-17(12-22)3-5-23-6-4-17/h7,9-10,13,18,22H,3-6,8,11-12H2,1-2H3. The number of aromatic nitrogens is 3. The maximum absolute atomic E-state index is 9.72. The van der Waals surface area contributed by atoms with Gasteiger partial charge in [-0.3, -0.25) is 0 Å². The van der Waals surface area contributed by atoms with Gasteiger partial charge >= 0.3 is 0 Å². The molecule has 1 aliphatic rings. The first-order chi connectivity index (χ1) is 11.1. The summed E-state index contributed by atoms with van der Waals surface area (Å²) in [6, 6.07) is 2.44. The summed E-state index contributed by atoms with van der Waals surface area (Å²) in [6.07, 6.45) is 5.61. The predicted octanol–water partition coefficient (Wildman–Crippen LogP) is 1.89. The molecule has 0 radical (unpaired) electrons. The molecule has 23 heavy (non-hydrogen) atoms. The van der Waals surface area contributed by atoms with E-state index >= 15 is 0 Å². The van der Waals surface area contributed by atoms with Crippen LogP contribution in [0.4, 0.5) is 0 Å². The Bertz CT molecular complexity index is 647. The number of hydrogen-bond donors (Lipinski definition) is 2. The number of rotatable bonds is 6. The molecule has 3 rings (SSSR count). The summed E-state index contributed by atoms with van der Waals surface area (Å²) < 4.78 is 7.34. The van der Waals surface area contributed by atoms with Gasteiger partial charge in [0.15, 0.2) is 5.65 Å². The highest BCUT2D eigenvalue weighted by molar-refractivity contribution is 5.75. The van der Waals surface area contributed by atoms with Gasteiger partial charge in [-0.1, -0.05) is 0 Å². The zero-order chi connectivity index (χ0) is 16.3. The van der Waals surface area contributed by atoms with Gasteiger partial charge in [-0.2, -0.15) is 5.10 Å². The molecule has 2 aromatic heterocycles. The number of ether oxygens (including phenoxy) is 1. The van der Waals surface area contributed by atoms with Gasteiger partial charge in [0.2, 0.25) is 0 Å². The summed E-state index contributed by atoms with van der Waals surface area (Å²) in [5.41, 5.74) is 2.03. The molecule has 0 atom stereocenters. The van der Waals surface area contributed by atoms with E-state index in [1.54, 1.807) is 0 Å². The molecule has 0 aliphatic carbocycles. The highest BCUT2D eigenvalue weighted by atomic mass is 16.5. The number of hydrogen-bond acceptors (Lipinski definition) is 5. The van der Waals surface area contributed by atoms with Gasteiger partial charge in [-0.05, 0) is 38.3 Å². The number of nitrogens with one attached hydrogen (secondary N) is 1. The second kappa shape index (κ2) is 6.95. The molecular weight excluding hydrogens is 292 g/mol. The normalized spacial score (nSPS) is 17.9. The van der Waals surface area contributed by atoms with Gasteiger partial charge in [-0.15, -0.1) is 0 Å². The van der Waals surface area contributed by atoms with E-state index in [1.807, 2.05) is 17.1 Å². The molecule has 0 bridgehead atoms. The quantitative estimate of drug-likeness (QED) is 0.851. The van der Waals surface area contributed by atoms with Crippen molar-refractivity contribution in [3.8, 4) is 0 Å². The molecule has 0 aromatic carbocycles. The first-order valence-electron chi connectivity index (χ1n) is 8.35. The van der Waals surface area contributed by atoms with E-state index in [1.165, 1.54) is 0 Å². The van der Waals surface area contributed by atoms with E-state index in [-0.39, 0.29) is 12.0 Å². The smallest absolute Gasteiger partial charge is 0.157 e. The molecule has 126 valence electrons. The lowest BCUT2D eigenvalue weighted by Crippen LogP contribution is -2.41. The van der Waals surface area contributed by atoms with Crippen LogP contribution >= 0.6 is 0 Å². The summed E-state index contributed by atoms with van der Waals surface area (Å²) in [4.78, 5) is 4.56. The van der Waals surface area contributed by atoms with Crippen molar-refractivity contribution < 1.29 is 9.84 Å². The van der Waals surface area contributed by atoms with Crippen molar-refractivity contribution in [1.29, 1.82) is 0 Å². The third-order valence-electron chi connectivity index (χ3n) is 4.70. The van der Waals surface area contributed by atoms with Gasteiger partial charge < -0.3 is 15.2 Å². The number of nitrogens with zero attached hydrogens (tertiary/aromatic N) is 3. The Morgan fingerprint density at radius 3 is 2.83 bits per heavy atom. The molecule has 1 saturated heterocycles. The van der Waals surface area contributed by atoms with Crippen molar-refractivity contribution in [2.45, 2.75) is 39.3 Å². The summed E-state index contributed by atoms with van der Waals surface area (Å²) in [6.45, 7) is 7.45. The molecule has 2 aromatic rings. The monoisotopic (exact) mass is 318 g/mol. The largest absolute Gasteiger partial charge is 0.396 e. The van der Waals surface area contributed by atoms with Gasteiger partial charge in [0.25, 0.3) is 0 Å². The lowest BCUT2D eigenvalue weighted by atomic mass is 9.81. The van der Waals surface area contributed by atoms with E-state index in [0.29, 0.717) is 6.04 Å². The Labute approximate surface area is 136 Å². The molecule has 0 saturated carbocycles. The van der Waals surface area contributed by atoms with Gasteiger partial charge in [-0.25, -0.2) is 9.67 Å². The van der Waals surface area contributed by atoms with Crippen LogP contribution in [0, 0.1) is 5.41 Å².